The van der Waals surface area contributed by atoms with Crippen molar-refractivity contribution in [1.29, 1.82) is 0 Å². The van der Waals surface area contributed by atoms with E-state index in [4.69, 9.17) is 21.1 Å². The molecule has 7 nitrogen and oxygen atoms in total. The molecule has 0 aliphatic carbocycles. The Morgan fingerprint density at radius 3 is 2.74 bits per heavy atom. The van der Waals surface area contributed by atoms with Crippen LogP contribution in [0.1, 0.15) is 9.67 Å². The number of esters is 1. The second-order valence-corrected chi connectivity index (χ2v) is 8.21. The minimum atomic E-state index is -0.493. The summed E-state index contributed by atoms with van der Waals surface area (Å²) in [5, 5.41) is -0.167. The fourth-order valence-electron chi connectivity index (χ4n) is 3.63. The maximum Gasteiger partial charge on any atom is 0.348 e. The van der Waals surface area contributed by atoms with Gasteiger partial charge in [0.1, 0.15) is 22.1 Å². The number of hydrogen-bond acceptors (Lipinski definition) is 7. The summed E-state index contributed by atoms with van der Waals surface area (Å²) in [6.07, 6.45) is 0. The normalized spacial score (nSPS) is 13.0. The largest absolute Gasteiger partial charge is 0.490 e. The molecule has 1 aliphatic rings. The van der Waals surface area contributed by atoms with E-state index in [9.17, 15) is 9.59 Å². The average Bonchev–Trinajstić information content (AvgIpc) is 3.22. The summed E-state index contributed by atoms with van der Waals surface area (Å²) in [6.45, 7) is 1.23. The second-order valence-electron chi connectivity index (χ2n) is 6.82. The number of nitrogens with zero attached hydrogens (tertiary/aromatic N) is 3. The zero-order valence-corrected chi connectivity index (χ0v) is 17.9. The molecule has 0 amide bonds. The van der Waals surface area contributed by atoms with Gasteiger partial charge in [-0.3, -0.25) is 9.36 Å². The van der Waals surface area contributed by atoms with Crippen LogP contribution in [0.5, 0.6) is 5.75 Å². The van der Waals surface area contributed by atoms with Crippen molar-refractivity contribution in [3.05, 3.63) is 75.0 Å². The Kier molecular flexibility index (Phi) is 4.88. The van der Waals surface area contributed by atoms with Crippen LogP contribution < -0.4 is 15.2 Å². The first-order valence-electron chi connectivity index (χ1n) is 9.47. The second kappa shape index (κ2) is 7.72. The Bertz CT molecular complexity index is 1370. The number of fused-ring (bicyclic) bond motifs is 2. The molecule has 5 rings (SSSR count). The molecule has 156 valence electrons. The molecular weight excluding hydrogens is 438 g/mol. The smallest absolute Gasteiger partial charge is 0.348 e. The summed E-state index contributed by atoms with van der Waals surface area (Å²) in [7, 11) is 1.31. The lowest BCUT2D eigenvalue weighted by atomic mass is 10.1. The van der Waals surface area contributed by atoms with Crippen LogP contribution in [0.4, 0.5) is 11.4 Å². The zero-order chi connectivity index (χ0) is 21.5. The van der Waals surface area contributed by atoms with E-state index >= 15 is 0 Å². The Hall–Kier alpha value is -3.36. The lowest BCUT2D eigenvalue weighted by Gasteiger charge is -2.31. The van der Waals surface area contributed by atoms with E-state index in [2.05, 4.69) is 9.88 Å². The van der Waals surface area contributed by atoms with Crippen LogP contribution in [0, 0.1) is 0 Å². The van der Waals surface area contributed by atoms with Crippen molar-refractivity contribution in [2.24, 2.45) is 0 Å². The number of benzene rings is 2. The van der Waals surface area contributed by atoms with Crippen molar-refractivity contribution in [3.8, 4) is 11.4 Å². The molecule has 9 heteroatoms. The molecule has 0 fully saturated rings. The van der Waals surface area contributed by atoms with E-state index in [-0.39, 0.29) is 5.15 Å². The van der Waals surface area contributed by atoms with Gasteiger partial charge in [0.05, 0.1) is 30.5 Å². The third-order valence-electron chi connectivity index (χ3n) is 5.03. The molecule has 0 saturated carbocycles. The molecule has 0 N–H and O–H groups in total. The van der Waals surface area contributed by atoms with Gasteiger partial charge < -0.3 is 14.4 Å². The topological polar surface area (TPSA) is 73.7 Å². The number of halogens is 1. The van der Waals surface area contributed by atoms with Crippen molar-refractivity contribution in [2.45, 2.75) is 0 Å². The zero-order valence-electron chi connectivity index (χ0n) is 16.4. The number of aromatic nitrogens is 2. The number of ether oxygens (including phenoxy) is 2. The predicted molar refractivity (Wildman–Crippen MR) is 121 cm³/mol. The van der Waals surface area contributed by atoms with Gasteiger partial charge in [-0.15, -0.1) is 11.3 Å². The lowest BCUT2D eigenvalue weighted by Crippen LogP contribution is -2.29. The lowest BCUT2D eigenvalue weighted by molar-refractivity contribution is 0.0606. The Morgan fingerprint density at radius 1 is 1.16 bits per heavy atom. The van der Waals surface area contributed by atoms with E-state index in [0.29, 0.717) is 34.1 Å². The summed E-state index contributed by atoms with van der Waals surface area (Å²) < 4.78 is 12.1. The molecule has 0 radical (unpaired) electrons. The van der Waals surface area contributed by atoms with Crippen LogP contribution in [-0.4, -0.2) is 35.8 Å². The first kappa shape index (κ1) is 19.6. The number of hydrogen-bond donors (Lipinski definition) is 0. The van der Waals surface area contributed by atoms with Crippen LogP contribution in [0.15, 0.2) is 59.4 Å². The van der Waals surface area contributed by atoms with Gasteiger partial charge in [-0.2, -0.15) is 0 Å². The average molecular weight is 454 g/mol. The van der Waals surface area contributed by atoms with Gasteiger partial charge in [-0.1, -0.05) is 29.8 Å². The SMILES string of the molecule is COC(=O)c1cc2c(nc(Cl)c(=O)n2-c2ccc3c(c2)N(c2ccccc2)CCO3)s1. The third kappa shape index (κ3) is 3.34. The molecule has 1 aliphatic heterocycles. The number of anilines is 2. The van der Waals surface area contributed by atoms with E-state index in [0.717, 1.165) is 28.5 Å². The summed E-state index contributed by atoms with van der Waals surface area (Å²) in [4.78, 5) is 32.1. The number of carbonyl (C=O) groups excluding carboxylic acids is 1. The van der Waals surface area contributed by atoms with Crippen molar-refractivity contribution < 1.29 is 14.3 Å². The van der Waals surface area contributed by atoms with Crippen LogP contribution >= 0.6 is 22.9 Å². The van der Waals surface area contributed by atoms with Crippen molar-refractivity contribution in [2.75, 3.05) is 25.2 Å². The van der Waals surface area contributed by atoms with Crippen molar-refractivity contribution in [3.63, 3.8) is 0 Å². The molecule has 0 atom stereocenters. The Balaban J connectivity index is 1.71. The van der Waals surface area contributed by atoms with E-state index in [1.165, 1.54) is 11.7 Å². The molecule has 0 spiro atoms. The van der Waals surface area contributed by atoms with Gasteiger partial charge in [-0.25, -0.2) is 9.78 Å². The molecular formula is C22H16ClN3O4S. The third-order valence-corrected chi connectivity index (χ3v) is 6.28. The molecule has 2 aromatic carbocycles. The summed E-state index contributed by atoms with van der Waals surface area (Å²) in [6, 6.07) is 17.1. The van der Waals surface area contributed by atoms with Crippen molar-refractivity contribution in [1.82, 2.24) is 9.55 Å². The molecule has 4 aromatic rings. The minimum absolute atomic E-state index is 0.167. The monoisotopic (exact) mass is 453 g/mol. The maximum absolute atomic E-state index is 13.0. The van der Waals surface area contributed by atoms with Crippen molar-refractivity contribution >= 4 is 50.6 Å². The number of rotatable bonds is 3. The summed E-state index contributed by atoms with van der Waals surface area (Å²) >= 11 is 7.27. The van der Waals surface area contributed by atoms with Crippen LogP contribution in [0.2, 0.25) is 5.15 Å². The van der Waals surface area contributed by atoms with Gasteiger partial charge in [-0.05, 0) is 36.4 Å². The molecule has 2 aromatic heterocycles. The summed E-state index contributed by atoms with van der Waals surface area (Å²) in [5.74, 6) is 0.232. The molecule has 0 bridgehead atoms. The first-order valence-corrected chi connectivity index (χ1v) is 10.7. The molecule has 3 heterocycles. The maximum atomic E-state index is 13.0. The number of carbonyl (C=O) groups is 1. The molecule has 0 saturated heterocycles. The first-order chi connectivity index (χ1) is 15.1. The van der Waals surface area contributed by atoms with Gasteiger partial charge in [0, 0.05) is 5.69 Å². The number of methoxy groups -OCH3 is 1. The van der Waals surface area contributed by atoms with Crippen LogP contribution in [0.3, 0.4) is 0 Å². The number of thiophene rings is 1. The molecule has 0 unspecified atom stereocenters. The van der Waals surface area contributed by atoms with E-state index in [1.54, 1.807) is 12.1 Å². The minimum Gasteiger partial charge on any atom is -0.490 e. The number of para-hydroxylation sites is 1. The summed E-state index contributed by atoms with van der Waals surface area (Å²) in [5.41, 5.74) is 2.48. The van der Waals surface area contributed by atoms with Gasteiger partial charge in [0.25, 0.3) is 5.56 Å². The highest BCUT2D eigenvalue weighted by atomic mass is 35.5. The highest BCUT2D eigenvalue weighted by Gasteiger charge is 2.23. The Morgan fingerprint density at radius 2 is 1.97 bits per heavy atom. The predicted octanol–water partition coefficient (Wildman–Crippen LogP) is 4.42. The fourth-order valence-corrected chi connectivity index (χ4v) is 4.79. The quantitative estimate of drug-likeness (QED) is 0.427. The highest BCUT2D eigenvalue weighted by Crippen LogP contribution is 2.38. The highest BCUT2D eigenvalue weighted by molar-refractivity contribution is 7.20. The van der Waals surface area contributed by atoms with E-state index < -0.39 is 11.5 Å². The standard InChI is InChI=1S/C22H16ClN3O4S/c1-29-22(28)18-12-16-20(31-18)24-19(23)21(27)26(16)14-7-8-17-15(11-14)25(9-10-30-17)13-5-3-2-4-6-13/h2-8,11-12H,9-10H2,1H3. The fraction of sp³-hybridized carbons (Fsp3) is 0.136. The van der Waals surface area contributed by atoms with Crippen LogP contribution in [0.25, 0.3) is 16.0 Å². The van der Waals surface area contributed by atoms with Gasteiger partial charge in [0.15, 0.2) is 5.15 Å². The molecule has 31 heavy (non-hydrogen) atoms. The van der Waals surface area contributed by atoms with Gasteiger partial charge >= 0.3 is 5.97 Å². The van der Waals surface area contributed by atoms with Crippen LogP contribution in [-0.2, 0) is 4.74 Å². The van der Waals surface area contributed by atoms with Gasteiger partial charge in [0.2, 0.25) is 0 Å². The van der Waals surface area contributed by atoms with E-state index in [1.807, 2.05) is 42.5 Å². The Labute approximate surface area is 186 Å².